The van der Waals surface area contributed by atoms with Crippen molar-refractivity contribution in [1.82, 2.24) is 5.06 Å². The molecule has 0 radical (unpaired) electrons. The molecular formula is C8H16N2O3. The highest BCUT2D eigenvalue weighted by molar-refractivity contribution is 5.81. The molecule has 1 aliphatic rings. The van der Waals surface area contributed by atoms with E-state index in [-0.39, 0.29) is 12.0 Å². The van der Waals surface area contributed by atoms with Crippen molar-refractivity contribution in [3.8, 4) is 0 Å². The van der Waals surface area contributed by atoms with Gasteiger partial charge in [0.25, 0.3) is 5.91 Å². The van der Waals surface area contributed by atoms with Gasteiger partial charge in [-0.3, -0.25) is 9.63 Å². The van der Waals surface area contributed by atoms with Crippen LogP contribution in [0.4, 0.5) is 0 Å². The maximum absolute atomic E-state index is 11.5. The molecule has 0 saturated carbocycles. The van der Waals surface area contributed by atoms with Gasteiger partial charge in [-0.1, -0.05) is 0 Å². The van der Waals surface area contributed by atoms with Gasteiger partial charge < -0.3 is 10.5 Å². The van der Waals surface area contributed by atoms with Gasteiger partial charge in [0.2, 0.25) is 0 Å². The highest BCUT2D eigenvalue weighted by Gasteiger charge is 2.30. The highest BCUT2D eigenvalue weighted by atomic mass is 16.7. The van der Waals surface area contributed by atoms with Crippen LogP contribution >= 0.6 is 0 Å². The first-order valence-electron chi connectivity index (χ1n) is 4.35. The van der Waals surface area contributed by atoms with Crippen molar-refractivity contribution in [2.75, 3.05) is 20.8 Å². The lowest BCUT2D eigenvalue weighted by Gasteiger charge is -2.22. The van der Waals surface area contributed by atoms with E-state index in [9.17, 15) is 4.79 Å². The number of ether oxygens (including phenoxy) is 1. The Morgan fingerprint density at radius 3 is 2.92 bits per heavy atom. The Hall–Kier alpha value is -0.650. The first kappa shape index (κ1) is 10.4. The SMILES string of the molecule is CON(C)C(=O)[C@@H](N)[C@H]1CCCO1. The molecule has 0 aliphatic carbocycles. The minimum absolute atomic E-state index is 0.148. The van der Waals surface area contributed by atoms with E-state index in [0.29, 0.717) is 6.61 Å². The zero-order chi connectivity index (χ0) is 9.84. The van der Waals surface area contributed by atoms with E-state index >= 15 is 0 Å². The van der Waals surface area contributed by atoms with E-state index < -0.39 is 6.04 Å². The van der Waals surface area contributed by atoms with Gasteiger partial charge in [-0.25, -0.2) is 5.06 Å². The van der Waals surface area contributed by atoms with E-state index in [4.69, 9.17) is 15.3 Å². The van der Waals surface area contributed by atoms with Gasteiger partial charge in [0, 0.05) is 13.7 Å². The molecule has 1 fully saturated rings. The maximum Gasteiger partial charge on any atom is 0.265 e. The second kappa shape index (κ2) is 4.55. The highest BCUT2D eigenvalue weighted by Crippen LogP contribution is 2.15. The molecular weight excluding hydrogens is 172 g/mol. The molecule has 1 saturated heterocycles. The number of hydrogen-bond donors (Lipinski definition) is 1. The van der Waals surface area contributed by atoms with Crippen LogP contribution in [0.1, 0.15) is 12.8 Å². The average Bonchev–Trinajstić information content (AvgIpc) is 2.67. The minimum Gasteiger partial charge on any atom is -0.376 e. The summed E-state index contributed by atoms with van der Waals surface area (Å²) in [5, 5.41) is 1.13. The quantitative estimate of drug-likeness (QED) is 0.607. The Labute approximate surface area is 77.7 Å². The molecule has 0 unspecified atom stereocenters. The first-order chi connectivity index (χ1) is 6.16. The second-order valence-electron chi connectivity index (χ2n) is 3.10. The molecule has 1 heterocycles. The lowest BCUT2D eigenvalue weighted by Crippen LogP contribution is -2.48. The van der Waals surface area contributed by atoms with Crippen LogP contribution in [0.25, 0.3) is 0 Å². The molecule has 0 aromatic carbocycles. The van der Waals surface area contributed by atoms with Crippen LogP contribution in [0.3, 0.4) is 0 Å². The predicted molar refractivity (Wildman–Crippen MR) is 46.7 cm³/mol. The molecule has 2 atom stereocenters. The topological polar surface area (TPSA) is 64.8 Å². The van der Waals surface area contributed by atoms with Crippen LogP contribution in [0, 0.1) is 0 Å². The Morgan fingerprint density at radius 1 is 1.77 bits per heavy atom. The number of hydrogen-bond acceptors (Lipinski definition) is 4. The largest absolute Gasteiger partial charge is 0.376 e. The number of carbonyl (C=O) groups is 1. The Morgan fingerprint density at radius 2 is 2.46 bits per heavy atom. The average molecular weight is 188 g/mol. The number of hydroxylamine groups is 2. The van der Waals surface area contributed by atoms with Gasteiger partial charge in [0.1, 0.15) is 6.04 Å². The van der Waals surface area contributed by atoms with E-state index in [1.165, 1.54) is 14.2 Å². The van der Waals surface area contributed by atoms with Gasteiger partial charge in [-0.2, -0.15) is 0 Å². The fraction of sp³-hybridized carbons (Fsp3) is 0.875. The van der Waals surface area contributed by atoms with Crippen LogP contribution in [0.5, 0.6) is 0 Å². The molecule has 1 amide bonds. The van der Waals surface area contributed by atoms with E-state index in [2.05, 4.69) is 0 Å². The van der Waals surface area contributed by atoms with Crippen molar-refractivity contribution in [2.45, 2.75) is 25.0 Å². The lowest BCUT2D eigenvalue weighted by molar-refractivity contribution is -0.172. The van der Waals surface area contributed by atoms with E-state index in [1.54, 1.807) is 0 Å². The van der Waals surface area contributed by atoms with Crippen molar-refractivity contribution in [1.29, 1.82) is 0 Å². The molecule has 0 spiro atoms. The molecule has 5 heteroatoms. The van der Waals surface area contributed by atoms with Crippen LogP contribution in [0.2, 0.25) is 0 Å². The Balaban J connectivity index is 2.45. The summed E-state index contributed by atoms with van der Waals surface area (Å²) >= 11 is 0. The van der Waals surface area contributed by atoms with Gasteiger partial charge in [0.05, 0.1) is 13.2 Å². The zero-order valence-corrected chi connectivity index (χ0v) is 8.03. The first-order valence-corrected chi connectivity index (χ1v) is 4.35. The molecule has 0 bridgehead atoms. The summed E-state index contributed by atoms with van der Waals surface area (Å²) in [5.41, 5.74) is 5.70. The standard InChI is InChI=1S/C8H16N2O3/c1-10(12-2)8(11)7(9)6-4-3-5-13-6/h6-7H,3-5,9H2,1-2H3/t6-,7+/m1/s1. The predicted octanol–water partition coefficient (Wildman–Crippen LogP) is -0.487. The van der Waals surface area contributed by atoms with Crippen molar-refractivity contribution < 1.29 is 14.4 Å². The molecule has 1 aliphatic heterocycles. The fourth-order valence-corrected chi connectivity index (χ4v) is 1.34. The van der Waals surface area contributed by atoms with E-state index in [0.717, 1.165) is 17.9 Å². The number of rotatable bonds is 3. The third-order valence-electron chi connectivity index (χ3n) is 2.23. The molecule has 0 aromatic heterocycles. The molecule has 1 rings (SSSR count). The molecule has 2 N–H and O–H groups in total. The summed E-state index contributed by atoms with van der Waals surface area (Å²) in [6, 6.07) is -0.604. The van der Waals surface area contributed by atoms with Crippen LogP contribution in [-0.4, -0.2) is 43.9 Å². The summed E-state index contributed by atoms with van der Waals surface area (Å²) in [4.78, 5) is 16.2. The Bertz CT molecular complexity index is 180. The Kier molecular flexibility index (Phi) is 3.65. The second-order valence-corrected chi connectivity index (χ2v) is 3.10. The lowest BCUT2D eigenvalue weighted by atomic mass is 10.1. The number of nitrogens with zero attached hydrogens (tertiary/aromatic N) is 1. The summed E-state index contributed by atoms with van der Waals surface area (Å²) in [6.07, 6.45) is 1.68. The van der Waals surface area contributed by atoms with Gasteiger partial charge in [-0.05, 0) is 12.8 Å². The summed E-state index contributed by atoms with van der Waals surface area (Å²) in [5.74, 6) is -0.241. The third-order valence-corrected chi connectivity index (χ3v) is 2.23. The van der Waals surface area contributed by atoms with Crippen LogP contribution in [0.15, 0.2) is 0 Å². The summed E-state index contributed by atoms with van der Waals surface area (Å²) in [7, 11) is 2.97. The maximum atomic E-state index is 11.5. The number of amides is 1. The van der Waals surface area contributed by atoms with Crippen LogP contribution in [-0.2, 0) is 14.4 Å². The smallest absolute Gasteiger partial charge is 0.265 e. The number of likely N-dealkylation sites (N-methyl/N-ethyl adjacent to an activating group) is 1. The number of nitrogens with two attached hydrogens (primary N) is 1. The van der Waals surface area contributed by atoms with Gasteiger partial charge in [-0.15, -0.1) is 0 Å². The minimum atomic E-state index is -0.604. The molecule has 13 heavy (non-hydrogen) atoms. The third kappa shape index (κ3) is 2.40. The van der Waals surface area contributed by atoms with E-state index in [1.807, 2.05) is 0 Å². The normalized spacial score (nSPS) is 24.4. The van der Waals surface area contributed by atoms with Crippen molar-refractivity contribution in [2.24, 2.45) is 5.73 Å². The van der Waals surface area contributed by atoms with Crippen molar-refractivity contribution in [3.05, 3.63) is 0 Å². The summed E-state index contributed by atoms with van der Waals surface area (Å²) in [6.45, 7) is 0.697. The van der Waals surface area contributed by atoms with Crippen molar-refractivity contribution in [3.63, 3.8) is 0 Å². The monoisotopic (exact) mass is 188 g/mol. The molecule has 76 valence electrons. The van der Waals surface area contributed by atoms with Gasteiger partial charge in [0.15, 0.2) is 0 Å². The molecule has 0 aromatic rings. The number of carbonyl (C=O) groups excluding carboxylic acids is 1. The summed E-state index contributed by atoms with van der Waals surface area (Å²) < 4.78 is 5.30. The van der Waals surface area contributed by atoms with Crippen LogP contribution < -0.4 is 5.73 Å². The molecule has 5 nitrogen and oxygen atoms in total. The fourth-order valence-electron chi connectivity index (χ4n) is 1.34. The zero-order valence-electron chi connectivity index (χ0n) is 8.03. The van der Waals surface area contributed by atoms with Crippen molar-refractivity contribution >= 4 is 5.91 Å². The van der Waals surface area contributed by atoms with Gasteiger partial charge >= 0.3 is 0 Å².